The molecular weight excluding hydrogens is 392 g/mol. The summed E-state index contributed by atoms with van der Waals surface area (Å²) in [7, 11) is 0. The molecule has 0 bridgehead atoms. The van der Waals surface area contributed by atoms with Crippen LogP contribution >= 0.6 is 39.0 Å². The fourth-order valence-corrected chi connectivity index (χ4v) is 4.67. The number of halogens is 1. The molecule has 0 aliphatic heterocycles. The van der Waals surface area contributed by atoms with E-state index in [1.807, 2.05) is 42.1 Å². The number of carbonyl (C=O) groups excluding carboxylic acids is 1. The van der Waals surface area contributed by atoms with Crippen LogP contribution in [-0.4, -0.2) is 23.2 Å². The standard InChI is InChI=1S/C17H15BrN2OS2/c18-15-7-6-13(23-15)11-22-10-9-20-17(21)14-5-1-3-12-4-2-8-19-16(12)14/h1-8H,9-11H2,(H,20,21). The van der Waals surface area contributed by atoms with Crippen molar-refractivity contribution >= 4 is 55.8 Å². The topological polar surface area (TPSA) is 42.0 Å². The molecule has 0 saturated heterocycles. The van der Waals surface area contributed by atoms with Crippen molar-refractivity contribution in [3.05, 3.63) is 62.9 Å². The van der Waals surface area contributed by atoms with Crippen molar-refractivity contribution in [3.8, 4) is 0 Å². The van der Waals surface area contributed by atoms with E-state index in [0.717, 1.165) is 26.2 Å². The van der Waals surface area contributed by atoms with E-state index in [1.165, 1.54) is 4.88 Å². The van der Waals surface area contributed by atoms with Gasteiger partial charge in [0.25, 0.3) is 5.91 Å². The molecule has 3 rings (SSSR count). The molecule has 2 heterocycles. The largest absolute Gasteiger partial charge is 0.351 e. The van der Waals surface area contributed by atoms with E-state index in [0.29, 0.717) is 12.1 Å². The van der Waals surface area contributed by atoms with Crippen LogP contribution in [0, 0.1) is 0 Å². The number of para-hydroxylation sites is 1. The van der Waals surface area contributed by atoms with Crippen molar-refractivity contribution in [2.75, 3.05) is 12.3 Å². The Balaban J connectivity index is 1.51. The number of rotatable bonds is 6. The smallest absolute Gasteiger partial charge is 0.253 e. The minimum Gasteiger partial charge on any atom is -0.351 e. The van der Waals surface area contributed by atoms with Crippen LogP contribution in [0.2, 0.25) is 0 Å². The van der Waals surface area contributed by atoms with Crippen LogP contribution in [0.5, 0.6) is 0 Å². The second-order valence-electron chi connectivity index (χ2n) is 4.90. The van der Waals surface area contributed by atoms with Crippen molar-refractivity contribution in [2.24, 2.45) is 0 Å². The monoisotopic (exact) mass is 406 g/mol. The van der Waals surface area contributed by atoms with Gasteiger partial charge in [-0.15, -0.1) is 11.3 Å². The molecule has 23 heavy (non-hydrogen) atoms. The Labute approximate surface area is 151 Å². The minimum atomic E-state index is -0.0613. The number of nitrogens with zero attached hydrogens (tertiary/aromatic N) is 1. The number of fused-ring (bicyclic) bond motifs is 1. The molecule has 118 valence electrons. The van der Waals surface area contributed by atoms with Crippen molar-refractivity contribution < 1.29 is 4.79 Å². The quantitative estimate of drug-likeness (QED) is 0.601. The number of carbonyl (C=O) groups is 1. The molecule has 0 aliphatic carbocycles. The molecule has 0 spiro atoms. The summed E-state index contributed by atoms with van der Waals surface area (Å²) in [6, 6.07) is 13.7. The summed E-state index contributed by atoms with van der Waals surface area (Å²) in [4.78, 5) is 18.0. The highest BCUT2D eigenvalue weighted by molar-refractivity contribution is 9.11. The maximum absolute atomic E-state index is 12.3. The molecule has 0 atom stereocenters. The molecule has 3 aromatic rings. The highest BCUT2D eigenvalue weighted by Crippen LogP contribution is 2.25. The van der Waals surface area contributed by atoms with Gasteiger partial charge < -0.3 is 5.32 Å². The summed E-state index contributed by atoms with van der Waals surface area (Å²) in [6.45, 7) is 0.652. The number of hydrogen-bond acceptors (Lipinski definition) is 4. The molecular formula is C17H15BrN2OS2. The van der Waals surface area contributed by atoms with Crippen LogP contribution in [0.4, 0.5) is 0 Å². The molecule has 0 unspecified atom stereocenters. The Bertz CT molecular complexity index is 814. The third-order valence-corrected chi connectivity index (χ3v) is 6.10. The molecule has 0 saturated carbocycles. The normalized spacial score (nSPS) is 10.8. The summed E-state index contributed by atoms with van der Waals surface area (Å²) < 4.78 is 1.16. The lowest BCUT2D eigenvalue weighted by Gasteiger charge is -2.07. The lowest BCUT2D eigenvalue weighted by Crippen LogP contribution is -2.26. The zero-order valence-corrected chi connectivity index (χ0v) is 15.5. The maximum atomic E-state index is 12.3. The first-order valence-electron chi connectivity index (χ1n) is 7.18. The summed E-state index contributed by atoms with van der Waals surface area (Å²) >= 11 is 7.04. The van der Waals surface area contributed by atoms with Gasteiger partial charge in [0.15, 0.2) is 0 Å². The van der Waals surface area contributed by atoms with Crippen molar-refractivity contribution in [2.45, 2.75) is 5.75 Å². The highest BCUT2D eigenvalue weighted by atomic mass is 79.9. The number of hydrogen-bond donors (Lipinski definition) is 1. The Kier molecular flexibility index (Phi) is 5.70. The number of amides is 1. The number of thioether (sulfide) groups is 1. The van der Waals surface area contributed by atoms with Crippen molar-refractivity contribution in [1.82, 2.24) is 10.3 Å². The van der Waals surface area contributed by atoms with Gasteiger partial charge in [0.1, 0.15) is 0 Å². The zero-order valence-electron chi connectivity index (χ0n) is 12.3. The third-order valence-electron chi connectivity index (χ3n) is 3.28. The van der Waals surface area contributed by atoms with E-state index in [4.69, 9.17) is 0 Å². The number of thiophene rings is 1. The van der Waals surface area contributed by atoms with Crippen LogP contribution in [0.3, 0.4) is 0 Å². The first kappa shape index (κ1) is 16.5. The second kappa shape index (κ2) is 7.95. The summed E-state index contributed by atoms with van der Waals surface area (Å²) in [5.41, 5.74) is 1.39. The van der Waals surface area contributed by atoms with Gasteiger partial charge in [-0.2, -0.15) is 11.8 Å². The average molecular weight is 407 g/mol. The lowest BCUT2D eigenvalue weighted by molar-refractivity contribution is 0.0957. The van der Waals surface area contributed by atoms with Gasteiger partial charge in [-0.3, -0.25) is 9.78 Å². The average Bonchev–Trinajstić information content (AvgIpc) is 2.99. The zero-order chi connectivity index (χ0) is 16.1. The third kappa shape index (κ3) is 4.34. The fourth-order valence-electron chi connectivity index (χ4n) is 2.22. The molecule has 0 fully saturated rings. The van der Waals surface area contributed by atoms with Crippen molar-refractivity contribution in [3.63, 3.8) is 0 Å². The SMILES string of the molecule is O=C(NCCSCc1ccc(Br)s1)c1cccc2cccnc12. The van der Waals surface area contributed by atoms with E-state index < -0.39 is 0 Å². The Morgan fingerprint density at radius 1 is 1.22 bits per heavy atom. The van der Waals surface area contributed by atoms with E-state index in [9.17, 15) is 4.79 Å². The molecule has 1 amide bonds. The van der Waals surface area contributed by atoms with E-state index in [1.54, 1.807) is 17.5 Å². The fraction of sp³-hybridized carbons (Fsp3) is 0.176. The molecule has 1 N–H and O–H groups in total. The first-order valence-corrected chi connectivity index (χ1v) is 9.94. The maximum Gasteiger partial charge on any atom is 0.253 e. The van der Waals surface area contributed by atoms with Gasteiger partial charge in [0.05, 0.1) is 14.9 Å². The Morgan fingerprint density at radius 2 is 2.09 bits per heavy atom. The van der Waals surface area contributed by atoms with Crippen LogP contribution < -0.4 is 5.32 Å². The van der Waals surface area contributed by atoms with Crippen LogP contribution in [0.15, 0.2) is 52.4 Å². The number of pyridine rings is 1. The second-order valence-corrected chi connectivity index (χ2v) is 8.55. The van der Waals surface area contributed by atoms with E-state index in [-0.39, 0.29) is 5.91 Å². The summed E-state index contributed by atoms with van der Waals surface area (Å²) in [5.74, 6) is 1.80. The molecule has 6 heteroatoms. The predicted octanol–water partition coefficient (Wildman–Crippen LogP) is 4.72. The van der Waals surface area contributed by atoms with E-state index in [2.05, 4.69) is 38.4 Å². The first-order chi connectivity index (χ1) is 11.2. The molecule has 0 aliphatic rings. The van der Waals surface area contributed by atoms with Gasteiger partial charge >= 0.3 is 0 Å². The van der Waals surface area contributed by atoms with Gasteiger partial charge in [0.2, 0.25) is 0 Å². The van der Waals surface area contributed by atoms with Gasteiger partial charge in [-0.1, -0.05) is 18.2 Å². The molecule has 3 nitrogen and oxygen atoms in total. The van der Waals surface area contributed by atoms with Crippen LogP contribution in [-0.2, 0) is 5.75 Å². The van der Waals surface area contributed by atoms with Gasteiger partial charge in [-0.25, -0.2) is 0 Å². The molecule has 2 aromatic heterocycles. The van der Waals surface area contributed by atoms with Gasteiger partial charge in [-0.05, 0) is 40.2 Å². The predicted molar refractivity (Wildman–Crippen MR) is 102 cm³/mol. The minimum absolute atomic E-state index is 0.0613. The summed E-state index contributed by atoms with van der Waals surface area (Å²) in [6.07, 6.45) is 1.72. The van der Waals surface area contributed by atoms with E-state index >= 15 is 0 Å². The Hall–Kier alpha value is -1.37. The lowest BCUT2D eigenvalue weighted by atomic mass is 10.1. The Morgan fingerprint density at radius 3 is 2.91 bits per heavy atom. The molecule has 0 radical (unpaired) electrons. The van der Waals surface area contributed by atoms with Gasteiger partial charge in [0, 0.05) is 34.5 Å². The number of benzene rings is 1. The van der Waals surface area contributed by atoms with Crippen LogP contribution in [0.25, 0.3) is 10.9 Å². The van der Waals surface area contributed by atoms with Crippen molar-refractivity contribution in [1.29, 1.82) is 0 Å². The highest BCUT2D eigenvalue weighted by Gasteiger charge is 2.09. The number of aromatic nitrogens is 1. The van der Waals surface area contributed by atoms with Crippen LogP contribution in [0.1, 0.15) is 15.2 Å². The molecule has 1 aromatic carbocycles. The summed E-state index contributed by atoms with van der Waals surface area (Å²) in [5, 5.41) is 3.96. The number of nitrogens with one attached hydrogen (secondary N) is 1.